The normalized spacial score (nSPS) is 15.7. The van der Waals surface area contributed by atoms with Gasteiger partial charge >= 0.3 is 0 Å². The zero-order valence-corrected chi connectivity index (χ0v) is 12.7. The summed E-state index contributed by atoms with van der Waals surface area (Å²) in [6.45, 7) is 11.9. The van der Waals surface area contributed by atoms with E-state index in [-0.39, 0.29) is 5.54 Å². The van der Waals surface area contributed by atoms with E-state index in [1.54, 1.807) is 6.33 Å². The second kappa shape index (κ2) is 5.35. The molecule has 0 saturated heterocycles. The van der Waals surface area contributed by atoms with Crippen LogP contribution in [0.5, 0.6) is 0 Å². The van der Waals surface area contributed by atoms with Gasteiger partial charge in [0, 0.05) is 17.6 Å². The lowest BCUT2D eigenvalue weighted by Gasteiger charge is -2.29. The first kappa shape index (κ1) is 14.1. The van der Waals surface area contributed by atoms with Crippen molar-refractivity contribution in [2.24, 2.45) is 5.92 Å². The number of nitrogens with one attached hydrogen (secondary N) is 2. The Bertz CT molecular complexity index is 436. The topological polar surface area (TPSA) is 49.8 Å². The third kappa shape index (κ3) is 3.17. The number of hydrogen-bond acceptors (Lipinski definition) is 4. The van der Waals surface area contributed by atoms with Gasteiger partial charge in [0.05, 0.1) is 0 Å². The zero-order chi connectivity index (χ0) is 14.0. The van der Waals surface area contributed by atoms with Crippen molar-refractivity contribution in [2.75, 3.05) is 17.2 Å². The molecule has 4 heteroatoms. The number of hydrogen-bond donors (Lipinski definition) is 2. The molecule has 1 heterocycles. The van der Waals surface area contributed by atoms with Crippen molar-refractivity contribution in [3.05, 3.63) is 11.9 Å². The van der Waals surface area contributed by atoms with Crippen molar-refractivity contribution in [3.63, 3.8) is 0 Å². The molecule has 2 N–H and O–H groups in total. The highest BCUT2D eigenvalue weighted by atomic mass is 15.1. The van der Waals surface area contributed by atoms with Crippen molar-refractivity contribution in [1.82, 2.24) is 9.97 Å². The average Bonchev–Trinajstić information content (AvgIpc) is 3.12. The van der Waals surface area contributed by atoms with Crippen LogP contribution in [0.2, 0.25) is 0 Å². The Morgan fingerprint density at radius 1 is 1.26 bits per heavy atom. The van der Waals surface area contributed by atoms with Gasteiger partial charge in [-0.2, -0.15) is 0 Å². The van der Waals surface area contributed by atoms with Crippen LogP contribution in [-0.2, 0) is 0 Å². The summed E-state index contributed by atoms with van der Waals surface area (Å²) >= 11 is 0. The summed E-state index contributed by atoms with van der Waals surface area (Å²) in [5.41, 5.74) is 1.31. The van der Waals surface area contributed by atoms with E-state index in [1.807, 2.05) is 0 Å². The Kier molecular flexibility index (Phi) is 3.97. The number of aromatic nitrogens is 2. The molecule has 0 bridgehead atoms. The largest absolute Gasteiger partial charge is 0.370 e. The molecule has 0 aliphatic heterocycles. The van der Waals surface area contributed by atoms with Crippen LogP contribution in [0.15, 0.2) is 6.33 Å². The van der Waals surface area contributed by atoms with Gasteiger partial charge < -0.3 is 10.6 Å². The molecule has 2 rings (SSSR count). The molecule has 1 aliphatic carbocycles. The third-order valence-electron chi connectivity index (χ3n) is 3.84. The van der Waals surface area contributed by atoms with E-state index in [0.717, 1.165) is 24.1 Å². The highest BCUT2D eigenvalue weighted by molar-refractivity contribution is 5.60. The lowest BCUT2D eigenvalue weighted by Crippen LogP contribution is -2.34. The quantitative estimate of drug-likeness (QED) is 0.822. The van der Waals surface area contributed by atoms with Gasteiger partial charge in [-0.3, -0.25) is 0 Å². The molecule has 0 unspecified atom stereocenters. The van der Waals surface area contributed by atoms with Crippen molar-refractivity contribution in [2.45, 2.75) is 58.9 Å². The maximum atomic E-state index is 4.48. The van der Waals surface area contributed by atoms with Gasteiger partial charge in [0.1, 0.15) is 18.0 Å². The van der Waals surface area contributed by atoms with E-state index in [9.17, 15) is 0 Å². The van der Waals surface area contributed by atoms with Crippen LogP contribution in [0.25, 0.3) is 0 Å². The summed E-state index contributed by atoms with van der Waals surface area (Å²) in [5.74, 6) is 3.11. The predicted octanol–water partition coefficient (Wildman–Crippen LogP) is 3.63. The molecule has 1 aliphatic rings. The standard InChI is InChI=1S/C15H26N4/c1-6-16-13-12(10(2)3)14(18-9-17-13)19-15(4,5)11-7-8-11/h9-11H,6-8H2,1-5H3,(H2,16,17,18,19). The first-order valence-corrected chi connectivity index (χ1v) is 7.32. The molecule has 19 heavy (non-hydrogen) atoms. The number of rotatable bonds is 6. The van der Waals surface area contributed by atoms with Gasteiger partial charge in [-0.15, -0.1) is 0 Å². The lowest BCUT2D eigenvalue weighted by atomic mass is 9.97. The van der Waals surface area contributed by atoms with Gasteiger partial charge in [0.25, 0.3) is 0 Å². The SMILES string of the molecule is CCNc1ncnc(NC(C)(C)C2CC2)c1C(C)C. The summed E-state index contributed by atoms with van der Waals surface area (Å²) < 4.78 is 0. The highest BCUT2D eigenvalue weighted by Gasteiger charge is 2.38. The van der Waals surface area contributed by atoms with Crippen LogP contribution in [0.4, 0.5) is 11.6 Å². The molecule has 1 fully saturated rings. The third-order valence-corrected chi connectivity index (χ3v) is 3.84. The van der Waals surface area contributed by atoms with E-state index < -0.39 is 0 Å². The van der Waals surface area contributed by atoms with E-state index in [1.165, 1.54) is 18.4 Å². The molecule has 1 saturated carbocycles. The van der Waals surface area contributed by atoms with Crippen LogP contribution in [0, 0.1) is 5.92 Å². The zero-order valence-electron chi connectivity index (χ0n) is 12.7. The Labute approximate surface area is 116 Å². The fourth-order valence-electron chi connectivity index (χ4n) is 2.56. The Morgan fingerprint density at radius 2 is 1.89 bits per heavy atom. The van der Waals surface area contributed by atoms with Crippen LogP contribution < -0.4 is 10.6 Å². The monoisotopic (exact) mass is 262 g/mol. The maximum absolute atomic E-state index is 4.48. The summed E-state index contributed by atoms with van der Waals surface area (Å²) in [4.78, 5) is 8.85. The van der Waals surface area contributed by atoms with E-state index in [4.69, 9.17) is 0 Å². The second-order valence-electron chi connectivity index (χ2n) is 6.29. The minimum Gasteiger partial charge on any atom is -0.370 e. The van der Waals surface area contributed by atoms with E-state index in [2.05, 4.69) is 55.2 Å². The first-order valence-electron chi connectivity index (χ1n) is 7.32. The van der Waals surface area contributed by atoms with Gasteiger partial charge in [-0.25, -0.2) is 9.97 Å². The smallest absolute Gasteiger partial charge is 0.135 e. The Hall–Kier alpha value is -1.32. The van der Waals surface area contributed by atoms with Gasteiger partial charge in [-0.1, -0.05) is 13.8 Å². The first-order chi connectivity index (χ1) is 8.95. The molecule has 0 aromatic carbocycles. The number of nitrogens with zero attached hydrogens (tertiary/aromatic N) is 2. The van der Waals surface area contributed by atoms with Crippen LogP contribution in [0.1, 0.15) is 58.9 Å². The summed E-state index contributed by atoms with van der Waals surface area (Å²) in [6, 6.07) is 0. The van der Waals surface area contributed by atoms with Crippen LogP contribution in [-0.4, -0.2) is 22.1 Å². The van der Waals surface area contributed by atoms with Crippen molar-refractivity contribution in [1.29, 1.82) is 0 Å². The van der Waals surface area contributed by atoms with E-state index in [0.29, 0.717) is 5.92 Å². The Morgan fingerprint density at radius 3 is 2.42 bits per heavy atom. The predicted molar refractivity (Wildman–Crippen MR) is 80.7 cm³/mol. The highest BCUT2D eigenvalue weighted by Crippen LogP contribution is 2.42. The second-order valence-corrected chi connectivity index (χ2v) is 6.29. The fraction of sp³-hybridized carbons (Fsp3) is 0.733. The average molecular weight is 262 g/mol. The molecule has 0 radical (unpaired) electrons. The molecule has 4 nitrogen and oxygen atoms in total. The molecule has 0 spiro atoms. The van der Waals surface area contributed by atoms with Gasteiger partial charge in [0.15, 0.2) is 0 Å². The molecule has 106 valence electrons. The molecule has 1 aromatic rings. The van der Waals surface area contributed by atoms with Crippen molar-refractivity contribution in [3.8, 4) is 0 Å². The fourth-order valence-corrected chi connectivity index (χ4v) is 2.56. The molecule has 0 atom stereocenters. The van der Waals surface area contributed by atoms with Gasteiger partial charge in [-0.05, 0) is 45.4 Å². The molecular formula is C15H26N4. The summed E-state index contributed by atoms with van der Waals surface area (Å²) in [6.07, 6.45) is 4.29. The summed E-state index contributed by atoms with van der Waals surface area (Å²) in [7, 11) is 0. The molecular weight excluding hydrogens is 236 g/mol. The van der Waals surface area contributed by atoms with Crippen LogP contribution >= 0.6 is 0 Å². The molecule has 1 aromatic heterocycles. The van der Waals surface area contributed by atoms with E-state index >= 15 is 0 Å². The minimum atomic E-state index is 0.113. The minimum absolute atomic E-state index is 0.113. The molecule has 0 amide bonds. The number of anilines is 2. The van der Waals surface area contributed by atoms with Gasteiger partial charge in [0.2, 0.25) is 0 Å². The van der Waals surface area contributed by atoms with Crippen LogP contribution in [0.3, 0.4) is 0 Å². The maximum Gasteiger partial charge on any atom is 0.135 e. The lowest BCUT2D eigenvalue weighted by molar-refractivity contribution is 0.491. The van der Waals surface area contributed by atoms with Crippen molar-refractivity contribution >= 4 is 11.6 Å². The van der Waals surface area contributed by atoms with Crippen molar-refractivity contribution < 1.29 is 0 Å². The summed E-state index contributed by atoms with van der Waals surface area (Å²) in [5, 5.41) is 6.98. The Balaban J connectivity index is 2.30.